The van der Waals surface area contributed by atoms with E-state index < -0.39 is 0 Å². The molecule has 0 spiro atoms. The van der Waals surface area contributed by atoms with Gasteiger partial charge in [0.2, 0.25) is 0 Å². The van der Waals surface area contributed by atoms with Gasteiger partial charge in [0.1, 0.15) is 11.5 Å². The number of benzene rings is 2. The maximum atomic E-state index is 9.41. The van der Waals surface area contributed by atoms with Gasteiger partial charge >= 0.3 is 0 Å². The molecule has 0 aliphatic carbocycles. The van der Waals surface area contributed by atoms with E-state index in [0.717, 1.165) is 38.7 Å². The standard InChI is InChI=1S/C24H20N4O2.CH4/c1-28-15-20(14-27-28)19-9-18-8-16(4-5-24(18)26-13-19)23(6-7-25)17-10-21(29-2)12-22(11-17)30-3;/h4-6,8-15H,1-3H3;1H4/b23-6-;. The lowest BCUT2D eigenvalue weighted by Crippen LogP contribution is -1.93. The maximum Gasteiger partial charge on any atom is 0.123 e. The van der Waals surface area contributed by atoms with Gasteiger partial charge < -0.3 is 9.47 Å². The lowest BCUT2D eigenvalue weighted by molar-refractivity contribution is 0.394. The van der Waals surface area contributed by atoms with Gasteiger partial charge in [-0.1, -0.05) is 13.5 Å². The Morgan fingerprint density at radius 1 is 0.968 bits per heavy atom. The number of nitriles is 1. The van der Waals surface area contributed by atoms with E-state index in [0.29, 0.717) is 11.5 Å². The molecule has 0 aliphatic heterocycles. The largest absolute Gasteiger partial charge is 0.497 e. The summed E-state index contributed by atoms with van der Waals surface area (Å²) in [7, 11) is 5.10. The quantitative estimate of drug-likeness (QED) is 0.419. The molecule has 4 rings (SSSR count). The van der Waals surface area contributed by atoms with Gasteiger partial charge in [-0.15, -0.1) is 0 Å². The first-order valence-electron chi connectivity index (χ1n) is 9.33. The van der Waals surface area contributed by atoms with Crippen LogP contribution < -0.4 is 9.47 Å². The van der Waals surface area contributed by atoms with Crippen LogP contribution in [-0.2, 0) is 7.05 Å². The number of ether oxygens (including phenoxy) is 2. The first kappa shape index (κ1) is 21.6. The highest BCUT2D eigenvalue weighted by atomic mass is 16.5. The Balaban J connectivity index is 0.00000272. The molecular weight excluding hydrogens is 388 g/mol. The minimum Gasteiger partial charge on any atom is -0.497 e. The molecule has 2 aromatic carbocycles. The molecule has 0 saturated carbocycles. The Labute approximate surface area is 182 Å². The topological polar surface area (TPSA) is 73.0 Å². The molecule has 0 radical (unpaired) electrons. The van der Waals surface area contributed by atoms with Crippen molar-refractivity contribution in [3.63, 3.8) is 0 Å². The van der Waals surface area contributed by atoms with Crippen LogP contribution in [0.15, 0.2) is 67.1 Å². The summed E-state index contributed by atoms with van der Waals surface area (Å²) in [6.07, 6.45) is 7.15. The minimum absolute atomic E-state index is 0. The lowest BCUT2D eigenvalue weighted by atomic mass is 9.95. The highest BCUT2D eigenvalue weighted by molar-refractivity contribution is 5.90. The van der Waals surface area contributed by atoms with Crippen LogP contribution in [0.5, 0.6) is 11.5 Å². The molecule has 2 heterocycles. The zero-order chi connectivity index (χ0) is 21.1. The van der Waals surface area contributed by atoms with Crippen LogP contribution in [0.25, 0.3) is 27.6 Å². The summed E-state index contributed by atoms with van der Waals surface area (Å²) in [5.74, 6) is 1.32. The van der Waals surface area contributed by atoms with Gasteiger partial charge in [0.25, 0.3) is 0 Å². The maximum absolute atomic E-state index is 9.41. The summed E-state index contributed by atoms with van der Waals surface area (Å²) in [4.78, 5) is 4.58. The van der Waals surface area contributed by atoms with E-state index in [1.54, 1.807) is 25.0 Å². The number of nitrogens with zero attached hydrogens (tertiary/aromatic N) is 4. The fourth-order valence-corrected chi connectivity index (χ4v) is 3.39. The van der Waals surface area contributed by atoms with Gasteiger partial charge in [0.15, 0.2) is 0 Å². The Hall–Kier alpha value is -4.11. The third-order valence-corrected chi connectivity index (χ3v) is 4.90. The van der Waals surface area contributed by atoms with E-state index in [4.69, 9.17) is 9.47 Å². The van der Waals surface area contributed by atoms with Gasteiger partial charge in [-0.3, -0.25) is 9.67 Å². The molecule has 0 N–H and O–H groups in total. The first-order valence-corrected chi connectivity index (χ1v) is 9.33. The van der Waals surface area contributed by atoms with Crippen LogP contribution in [0.4, 0.5) is 0 Å². The Kier molecular flexibility index (Phi) is 6.37. The van der Waals surface area contributed by atoms with E-state index in [1.165, 1.54) is 6.08 Å². The highest BCUT2D eigenvalue weighted by Crippen LogP contribution is 2.32. The molecule has 0 atom stereocenters. The van der Waals surface area contributed by atoms with Gasteiger partial charge in [-0.05, 0) is 47.0 Å². The normalized spacial score (nSPS) is 11.0. The van der Waals surface area contributed by atoms with Crippen molar-refractivity contribution in [2.75, 3.05) is 14.2 Å². The number of fused-ring (bicyclic) bond motifs is 1. The third-order valence-electron chi connectivity index (χ3n) is 4.90. The molecule has 0 saturated heterocycles. The zero-order valence-electron chi connectivity index (χ0n) is 17.0. The molecule has 0 bridgehead atoms. The molecule has 6 nitrogen and oxygen atoms in total. The Bertz CT molecular complexity index is 1280. The molecule has 4 aromatic rings. The van der Waals surface area contributed by atoms with Crippen LogP contribution in [0, 0.1) is 11.3 Å². The van der Waals surface area contributed by atoms with Crippen LogP contribution in [-0.4, -0.2) is 29.0 Å². The predicted molar refractivity (Wildman–Crippen MR) is 123 cm³/mol. The van der Waals surface area contributed by atoms with Crippen molar-refractivity contribution in [3.05, 3.63) is 78.3 Å². The Morgan fingerprint density at radius 2 is 1.71 bits per heavy atom. The van der Waals surface area contributed by atoms with Gasteiger partial charge in [-0.25, -0.2) is 0 Å². The van der Waals surface area contributed by atoms with Gasteiger partial charge in [-0.2, -0.15) is 10.4 Å². The van der Waals surface area contributed by atoms with Crippen molar-refractivity contribution in [1.29, 1.82) is 5.26 Å². The molecule has 2 aromatic heterocycles. The molecule has 0 aliphatic rings. The predicted octanol–water partition coefficient (Wildman–Crippen LogP) is 5.24. The van der Waals surface area contributed by atoms with Crippen molar-refractivity contribution < 1.29 is 9.47 Å². The smallest absolute Gasteiger partial charge is 0.123 e. The SMILES string of the molecule is C.COc1cc(OC)cc(/C(=C\C#N)c2ccc3ncc(-c4cnn(C)c4)cc3c2)c1. The molecule has 0 fully saturated rings. The van der Waals surface area contributed by atoms with Crippen LogP contribution in [0.1, 0.15) is 18.6 Å². The molecule has 0 unspecified atom stereocenters. The summed E-state index contributed by atoms with van der Waals surface area (Å²) in [5.41, 5.74) is 5.39. The zero-order valence-corrected chi connectivity index (χ0v) is 17.0. The molecule has 31 heavy (non-hydrogen) atoms. The second-order valence-corrected chi connectivity index (χ2v) is 6.82. The molecule has 6 heteroatoms. The number of allylic oxidation sites excluding steroid dienone is 1. The number of aromatic nitrogens is 3. The van der Waals surface area contributed by atoms with Crippen molar-refractivity contribution in [2.24, 2.45) is 7.05 Å². The number of hydrogen-bond acceptors (Lipinski definition) is 5. The van der Waals surface area contributed by atoms with E-state index in [2.05, 4.69) is 22.2 Å². The Morgan fingerprint density at radius 3 is 2.32 bits per heavy atom. The van der Waals surface area contributed by atoms with E-state index in [-0.39, 0.29) is 7.43 Å². The monoisotopic (exact) mass is 412 g/mol. The van der Waals surface area contributed by atoms with Crippen LogP contribution >= 0.6 is 0 Å². The lowest BCUT2D eigenvalue weighted by Gasteiger charge is -2.12. The van der Waals surface area contributed by atoms with Crippen LogP contribution in [0.2, 0.25) is 0 Å². The fourth-order valence-electron chi connectivity index (χ4n) is 3.39. The van der Waals surface area contributed by atoms with E-state index in [1.807, 2.05) is 56.0 Å². The van der Waals surface area contributed by atoms with Crippen LogP contribution in [0.3, 0.4) is 0 Å². The molecular formula is C25H24N4O2. The van der Waals surface area contributed by atoms with Crippen molar-refractivity contribution in [3.8, 4) is 28.7 Å². The number of pyridine rings is 1. The van der Waals surface area contributed by atoms with Crippen molar-refractivity contribution >= 4 is 16.5 Å². The first-order chi connectivity index (χ1) is 14.6. The van der Waals surface area contributed by atoms with Gasteiger partial charge in [0, 0.05) is 48.1 Å². The second-order valence-electron chi connectivity index (χ2n) is 6.82. The summed E-state index contributed by atoms with van der Waals surface area (Å²) in [6, 6.07) is 15.8. The summed E-state index contributed by atoms with van der Waals surface area (Å²) in [6.45, 7) is 0. The highest BCUT2D eigenvalue weighted by Gasteiger charge is 2.11. The summed E-state index contributed by atoms with van der Waals surface area (Å²) < 4.78 is 12.5. The number of rotatable bonds is 5. The van der Waals surface area contributed by atoms with Crippen molar-refractivity contribution in [1.82, 2.24) is 14.8 Å². The third kappa shape index (κ3) is 4.41. The average Bonchev–Trinajstić information content (AvgIpc) is 3.22. The average molecular weight is 412 g/mol. The minimum atomic E-state index is 0. The molecule has 0 amide bonds. The summed E-state index contributed by atoms with van der Waals surface area (Å²) >= 11 is 0. The molecule has 156 valence electrons. The number of methoxy groups -OCH3 is 2. The van der Waals surface area contributed by atoms with Crippen molar-refractivity contribution in [2.45, 2.75) is 7.43 Å². The second kappa shape index (κ2) is 9.14. The van der Waals surface area contributed by atoms with Gasteiger partial charge in [0.05, 0.1) is 32.0 Å². The summed E-state index contributed by atoms with van der Waals surface area (Å²) in [5, 5.41) is 14.6. The fraction of sp³-hybridized carbons (Fsp3) is 0.160. The number of hydrogen-bond donors (Lipinski definition) is 0. The van der Waals surface area contributed by atoms with E-state index in [9.17, 15) is 5.26 Å². The van der Waals surface area contributed by atoms with E-state index >= 15 is 0 Å². The number of aryl methyl sites for hydroxylation is 1.